The van der Waals surface area contributed by atoms with Gasteiger partial charge in [-0.25, -0.2) is 9.59 Å². The summed E-state index contributed by atoms with van der Waals surface area (Å²) in [7, 11) is 3.94. The van der Waals surface area contributed by atoms with Gasteiger partial charge in [-0.05, 0) is 6.08 Å². The van der Waals surface area contributed by atoms with Crippen LogP contribution >= 0.6 is 0 Å². The van der Waals surface area contributed by atoms with Crippen molar-refractivity contribution >= 4 is 29.6 Å². The lowest BCUT2D eigenvalue weighted by atomic mass is 9.94. The second kappa shape index (κ2) is 7.81. The SMILES string of the molecule is COC(=O)/C=C/c1c(C(=O)OC)c2c(n1C)C(=O)C=C(N1CCOCC1)C2=O. The maximum absolute atomic E-state index is 13.2. The molecule has 9 heteroatoms. The quantitative estimate of drug-likeness (QED) is 0.545. The zero-order chi connectivity index (χ0) is 20.4. The van der Waals surface area contributed by atoms with Crippen molar-refractivity contribution in [2.24, 2.45) is 7.05 Å². The summed E-state index contributed by atoms with van der Waals surface area (Å²) in [5, 5.41) is 0. The number of carbonyl (C=O) groups excluding carboxylic acids is 4. The number of carbonyl (C=O) groups is 4. The van der Waals surface area contributed by atoms with Gasteiger partial charge < -0.3 is 23.7 Å². The normalized spacial score (nSPS) is 16.8. The average Bonchev–Trinajstić information content (AvgIpc) is 3.01. The van der Waals surface area contributed by atoms with E-state index < -0.39 is 23.5 Å². The fourth-order valence-corrected chi connectivity index (χ4v) is 3.36. The second-order valence-electron chi connectivity index (χ2n) is 6.21. The van der Waals surface area contributed by atoms with E-state index in [1.165, 1.54) is 30.9 Å². The van der Waals surface area contributed by atoms with Gasteiger partial charge in [0, 0.05) is 32.3 Å². The van der Waals surface area contributed by atoms with Crippen LogP contribution < -0.4 is 0 Å². The van der Waals surface area contributed by atoms with Gasteiger partial charge in [-0.15, -0.1) is 0 Å². The predicted molar refractivity (Wildman–Crippen MR) is 96.9 cm³/mol. The van der Waals surface area contributed by atoms with Crippen LogP contribution in [0.2, 0.25) is 0 Å². The Labute approximate surface area is 161 Å². The average molecular weight is 388 g/mol. The summed E-state index contributed by atoms with van der Waals surface area (Å²) < 4.78 is 16.1. The van der Waals surface area contributed by atoms with Gasteiger partial charge in [-0.3, -0.25) is 9.59 Å². The first-order chi connectivity index (χ1) is 13.4. The highest BCUT2D eigenvalue weighted by atomic mass is 16.5. The molecule has 0 saturated carbocycles. The van der Waals surface area contributed by atoms with Crippen molar-refractivity contribution in [3.8, 4) is 0 Å². The highest BCUT2D eigenvalue weighted by molar-refractivity contribution is 6.27. The molecule has 9 nitrogen and oxygen atoms in total. The summed E-state index contributed by atoms with van der Waals surface area (Å²) >= 11 is 0. The Hall–Kier alpha value is -3.20. The largest absolute Gasteiger partial charge is 0.466 e. The van der Waals surface area contributed by atoms with Gasteiger partial charge in [-0.2, -0.15) is 0 Å². The summed E-state index contributed by atoms with van der Waals surface area (Å²) in [6, 6.07) is 0. The molecule has 0 radical (unpaired) electrons. The van der Waals surface area contributed by atoms with Crippen molar-refractivity contribution in [1.82, 2.24) is 9.47 Å². The number of Topliss-reactive ketones (excluding diaryl/α,β-unsaturated/α-hetero) is 1. The van der Waals surface area contributed by atoms with E-state index in [0.717, 1.165) is 6.08 Å². The molecule has 0 N–H and O–H groups in total. The van der Waals surface area contributed by atoms with Gasteiger partial charge in [0.25, 0.3) is 0 Å². The van der Waals surface area contributed by atoms with E-state index in [-0.39, 0.29) is 28.2 Å². The van der Waals surface area contributed by atoms with E-state index in [4.69, 9.17) is 9.47 Å². The Kier molecular flexibility index (Phi) is 5.46. The molecule has 3 rings (SSSR count). The van der Waals surface area contributed by atoms with Crippen LogP contribution in [-0.4, -0.2) is 73.5 Å². The standard InChI is InChI=1S/C19H20N2O7/c1-20-11(4-5-14(23)26-2)15(19(25)27-3)16-17(20)13(22)10-12(18(16)24)21-6-8-28-9-7-21/h4-5,10H,6-9H2,1-3H3/b5-4+. The fraction of sp³-hybridized carbons (Fsp3) is 0.368. The van der Waals surface area contributed by atoms with E-state index >= 15 is 0 Å². The molecule has 0 amide bonds. The lowest BCUT2D eigenvalue weighted by molar-refractivity contribution is -0.134. The molecule has 2 aliphatic rings. The lowest BCUT2D eigenvalue weighted by Crippen LogP contribution is -2.40. The number of methoxy groups -OCH3 is 2. The molecule has 0 atom stereocenters. The number of ether oxygens (including phenoxy) is 3. The zero-order valence-corrected chi connectivity index (χ0v) is 15.8. The summed E-state index contributed by atoms with van der Waals surface area (Å²) in [6.45, 7) is 1.82. The van der Waals surface area contributed by atoms with Crippen molar-refractivity contribution in [2.75, 3.05) is 40.5 Å². The summed E-state index contributed by atoms with van der Waals surface area (Å²) in [5.74, 6) is -2.25. The molecular weight excluding hydrogens is 368 g/mol. The number of rotatable bonds is 4. The summed E-state index contributed by atoms with van der Waals surface area (Å²) in [5.41, 5.74) is 0.428. The Morgan fingerprint density at radius 3 is 2.43 bits per heavy atom. The maximum atomic E-state index is 13.2. The van der Waals surface area contributed by atoms with E-state index in [2.05, 4.69) is 4.74 Å². The number of allylic oxidation sites excluding steroid dienone is 2. The molecule has 28 heavy (non-hydrogen) atoms. The molecule has 1 aliphatic carbocycles. The van der Waals surface area contributed by atoms with Crippen LogP contribution in [0.1, 0.15) is 36.9 Å². The van der Waals surface area contributed by atoms with Crippen LogP contribution in [0.3, 0.4) is 0 Å². The Morgan fingerprint density at radius 1 is 1.14 bits per heavy atom. The van der Waals surface area contributed by atoms with Crippen molar-refractivity contribution in [1.29, 1.82) is 0 Å². The third-order valence-corrected chi connectivity index (χ3v) is 4.72. The van der Waals surface area contributed by atoms with Crippen LogP contribution in [0.4, 0.5) is 0 Å². The molecule has 1 aliphatic heterocycles. The molecule has 1 fully saturated rings. The van der Waals surface area contributed by atoms with Gasteiger partial charge >= 0.3 is 11.9 Å². The molecule has 0 spiro atoms. The molecule has 1 aromatic heterocycles. The third-order valence-electron chi connectivity index (χ3n) is 4.72. The molecule has 2 heterocycles. The number of esters is 2. The van der Waals surface area contributed by atoms with Crippen molar-refractivity contribution in [2.45, 2.75) is 0 Å². The minimum Gasteiger partial charge on any atom is -0.466 e. The molecule has 148 valence electrons. The van der Waals surface area contributed by atoms with Crippen molar-refractivity contribution < 1.29 is 33.4 Å². The molecule has 1 saturated heterocycles. The van der Waals surface area contributed by atoms with E-state index in [1.54, 1.807) is 11.9 Å². The summed E-state index contributed by atoms with van der Waals surface area (Å²) in [4.78, 5) is 51.7. The number of morpholine rings is 1. The topological polar surface area (TPSA) is 104 Å². The first-order valence-electron chi connectivity index (χ1n) is 8.61. The lowest BCUT2D eigenvalue weighted by Gasteiger charge is -2.31. The minimum atomic E-state index is -0.772. The van der Waals surface area contributed by atoms with E-state index in [1.807, 2.05) is 0 Å². The number of hydrogen-bond donors (Lipinski definition) is 0. The van der Waals surface area contributed by atoms with E-state index in [9.17, 15) is 19.2 Å². The van der Waals surface area contributed by atoms with Gasteiger partial charge in [0.1, 0.15) is 5.69 Å². The Bertz CT molecular complexity index is 917. The van der Waals surface area contributed by atoms with Crippen LogP contribution in [0.5, 0.6) is 0 Å². The number of ketones is 2. The minimum absolute atomic E-state index is 0.0205. The fourth-order valence-electron chi connectivity index (χ4n) is 3.36. The second-order valence-corrected chi connectivity index (χ2v) is 6.21. The highest BCUT2D eigenvalue weighted by Gasteiger charge is 2.38. The molecular formula is C19H20N2O7. The number of aromatic nitrogens is 1. The van der Waals surface area contributed by atoms with E-state index in [0.29, 0.717) is 26.3 Å². The first kappa shape index (κ1) is 19.6. The first-order valence-corrected chi connectivity index (χ1v) is 8.61. The molecule has 1 aromatic rings. The maximum Gasteiger partial charge on any atom is 0.340 e. The predicted octanol–water partition coefficient (Wildman–Crippen LogP) is 0.593. The van der Waals surface area contributed by atoms with Crippen LogP contribution in [-0.2, 0) is 26.1 Å². The van der Waals surface area contributed by atoms with Crippen LogP contribution in [0, 0.1) is 0 Å². The number of nitrogens with zero attached hydrogens (tertiary/aromatic N) is 2. The van der Waals surface area contributed by atoms with Gasteiger partial charge in [-0.1, -0.05) is 0 Å². The monoisotopic (exact) mass is 388 g/mol. The Morgan fingerprint density at radius 2 is 1.82 bits per heavy atom. The van der Waals surface area contributed by atoms with Gasteiger partial charge in [0.2, 0.25) is 11.6 Å². The smallest absolute Gasteiger partial charge is 0.340 e. The summed E-state index contributed by atoms with van der Waals surface area (Å²) in [6.07, 6.45) is 3.72. The van der Waals surface area contributed by atoms with Gasteiger partial charge in [0.05, 0.1) is 50.0 Å². The zero-order valence-electron chi connectivity index (χ0n) is 15.8. The van der Waals surface area contributed by atoms with Crippen molar-refractivity contribution in [3.63, 3.8) is 0 Å². The number of hydrogen-bond acceptors (Lipinski definition) is 8. The van der Waals surface area contributed by atoms with Crippen molar-refractivity contribution in [3.05, 3.63) is 40.4 Å². The Balaban J connectivity index is 2.15. The highest BCUT2D eigenvalue weighted by Crippen LogP contribution is 2.32. The van der Waals surface area contributed by atoms with Crippen LogP contribution in [0.15, 0.2) is 17.8 Å². The molecule has 0 bridgehead atoms. The number of fused-ring (bicyclic) bond motifs is 1. The van der Waals surface area contributed by atoms with Crippen LogP contribution in [0.25, 0.3) is 6.08 Å². The molecule has 0 aromatic carbocycles. The molecule has 0 unspecified atom stereocenters. The van der Waals surface area contributed by atoms with Gasteiger partial charge in [0.15, 0.2) is 0 Å². The third kappa shape index (κ3) is 3.24.